The minimum atomic E-state index is -4.11. The van der Waals surface area contributed by atoms with Crippen LogP contribution in [0, 0.1) is 0 Å². The smallest absolute Gasteiger partial charge is 0.386 e. The molecular formula is C20H26N10O9P2S. The number of aliphatic hydroxyl groups is 2. The molecule has 0 saturated carbocycles. The Hall–Kier alpha value is -2.77. The van der Waals surface area contributed by atoms with Gasteiger partial charge in [0.2, 0.25) is 0 Å². The molecule has 42 heavy (non-hydrogen) atoms. The van der Waals surface area contributed by atoms with Crippen LogP contribution in [-0.2, 0) is 38.5 Å². The van der Waals surface area contributed by atoms with Crippen LogP contribution >= 0.6 is 27.3 Å². The molecule has 0 aromatic carbocycles. The third-order valence-corrected chi connectivity index (χ3v) is 9.29. The van der Waals surface area contributed by atoms with Gasteiger partial charge < -0.3 is 40.0 Å². The number of anilines is 2. The lowest BCUT2D eigenvalue weighted by molar-refractivity contribution is -0.0705. The summed E-state index contributed by atoms with van der Waals surface area (Å²) < 4.78 is 57.3. The average Bonchev–Trinajstić information content (AvgIpc) is 3.67. The van der Waals surface area contributed by atoms with Gasteiger partial charge in [0.1, 0.15) is 60.4 Å². The summed E-state index contributed by atoms with van der Waals surface area (Å²) in [5.41, 5.74) is 13.1. The van der Waals surface area contributed by atoms with E-state index < -0.39 is 58.4 Å². The molecule has 2 aliphatic heterocycles. The average molecular weight is 645 g/mol. The zero-order chi connectivity index (χ0) is 29.6. The van der Waals surface area contributed by atoms with Gasteiger partial charge in [0.05, 0.1) is 32.4 Å². The standard InChI is InChI=1S/C20H26N10O9P2S/c21-17-14-19(25-5-23-17)29(7-27-14)2-11-16(32)9(31)3-36-41(34,42)39-10-1-13(37-12(10)4-35-40(33)38-11)30-8-28-15-18(22)24-6-26-20(15)30/h5-13,16,31-32,40H,1-4H2,(H,34,42)(H2,21,23,25)(H2,22,24,26)/t9-,10+,11?,12?,13-,16?,41?/m1/s1. The summed E-state index contributed by atoms with van der Waals surface area (Å²) in [6.07, 6.45) is -1.76. The highest BCUT2D eigenvalue weighted by Gasteiger charge is 2.43. The predicted molar refractivity (Wildman–Crippen MR) is 147 cm³/mol. The maximum atomic E-state index is 13.1. The number of nitrogens with zero attached hydrogens (tertiary/aromatic N) is 8. The molecule has 5 unspecified atom stereocenters. The number of fused-ring (bicyclic) bond motifs is 3. The minimum Gasteiger partial charge on any atom is -0.388 e. The molecule has 4 aromatic rings. The van der Waals surface area contributed by atoms with Crippen molar-refractivity contribution in [2.75, 3.05) is 24.7 Å². The number of thiol groups is 1. The molecule has 22 heteroatoms. The van der Waals surface area contributed by atoms with Crippen LogP contribution in [0.25, 0.3) is 22.3 Å². The van der Waals surface area contributed by atoms with Crippen LogP contribution in [0.3, 0.4) is 0 Å². The second-order valence-electron chi connectivity index (χ2n) is 9.46. The highest BCUT2D eigenvalue weighted by molar-refractivity contribution is 8.44. The molecule has 8 atom stereocenters. The number of rotatable bonds is 3. The van der Waals surface area contributed by atoms with Crippen LogP contribution in [0.1, 0.15) is 12.6 Å². The van der Waals surface area contributed by atoms with Crippen LogP contribution in [0.15, 0.2) is 25.3 Å². The van der Waals surface area contributed by atoms with Gasteiger partial charge >= 0.3 is 15.1 Å². The van der Waals surface area contributed by atoms with Crippen molar-refractivity contribution in [3.63, 3.8) is 0 Å². The highest BCUT2D eigenvalue weighted by Crippen LogP contribution is 2.56. The summed E-state index contributed by atoms with van der Waals surface area (Å²) in [4.78, 5) is 24.5. The Kier molecular flexibility index (Phi) is 8.18. The van der Waals surface area contributed by atoms with E-state index >= 15 is 0 Å². The fraction of sp³-hybridized carbons (Fsp3) is 0.500. The zero-order valence-corrected chi connectivity index (χ0v) is 24.3. The van der Waals surface area contributed by atoms with Gasteiger partial charge in [0.25, 0.3) is 0 Å². The van der Waals surface area contributed by atoms with Gasteiger partial charge in [-0.15, -0.1) is 0 Å². The number of nitrogen functional groups attached to an aromatic ring is 2. The molecule has 0 amide bonds. The topological polar surface area (TPSA) is 260 Å². The van der Waals surface area contributed by atoms with E-state index in [0.29, 0.717) is 22.3 Å². The Morgan fingerprint density at radius 3 is 2.45 bits per heavy atom. The summed E-state index contributed by atoms with van der Waals surface area (Å²) in [7, 11) is -3.31. The Morgan fingerprint density at radius 2 is 1.69 bits per heavy atom. The van der Waals surface area contributed by atoms with Gasteiger partial charge in [-0.3, -0.25) is 18.2 Å². The molecule has 2 aliphatic rings. The van der Waals surface area contributed by atoms with E-state index in [4.69, 9.17) is 34.3 Å². The van der Waals surface area contributed by atoms with Gasteiger partial charge in [-0.05, 0) is 0 Å². The largest absolute Gasteiger partial charge is 0.388 e. The third kappa shape index (κ3) is 5.87. The van der Waals surface area contributed by atoms with E-state index in [1.807, 2.05) is 0 Å². The second kappa shape index (κ2) is 11.7. The SMILES string of the molecule is Nc1ncnc2c1ncn2CC1O[PH](=O)OCC2O[C@@H](n3cnc4c(N)ncnc43)C[C@@H]2OP(=O)(S)OC[C@@H](O)C1O. The van der Waals surface area contributed by atoms with Crippen LogP contribution < -0.4 is 11.5 Å². The lowest BCUT2D eigenvalue weighted by Gasteiger charge is -2.27. The Morgan fingerprint density at radius 1 is 1.00 bits per heavy atom. The van der Waals surface area contributed by atoms with E-state index in [1.54, 1.807) is 4.57 Å². The summed E-state index contributed by atoms with van der Waals surface area (Å²) in [5, 5.41) is 21.5. The number of nitrogens with two attached hydrogens (primary N) is 2. The molecule has 0 radical (unpaired) electrons. The first-order valence-electron chi connectivity index (χ1n) is 12.4. The highest BCUT2D eigenvalue weighted by atomic mass is 32.7. The van der Waals surface area contributed by atoms with Gasteiger partial charge in [-0.25, -0.2) is 34.5 Å². The first kappa shape index (κ1) is 29.3. The molecule has 226 valence electrons. The van der Waals surface area contributed by atoms with Crippen molar-refractivity contribution in [1.29, 1.82) is 0 Å². The molecule has 4 aromatic heterocycles. The predicted octanol–water partition coefficient (Wildman–Crippen LogP) is 0.0847. The van der Waals surface area contributed by atoms with Crippen molar-refractivity contribution in [3.05, 3.63) is 25.3 Å². The molecular weight excluding hydrogens is 618 g/mol. The number of aliphatic hydroxyl groups excluding tert-OH is 2. The van der Waals surface area contributed by atoms with E-state index in [0.717, 1.165) is 0 Å². The van der Waals surface area contributed by atoms with Gasteiger partial charge in [0, 0.05) is 6.42 Å². The van der Waals surface area contributed by atoms with Crippen LogP contribution in [0.5, 0.6) is 0 Å². The van der Waals surface area contributed by atoms with Gasteiger partial charge in [-0.1, -0.05) is 12.2 Å². The summed E-state index contributed by atoms with van der Waals surface area (Å²) in [6.45, 7) is -5.27. The lowest BCUT2D eigenvalue weighted by Crippen LogP contribution is -2.42. The Balaban J connectivity index is 1.24. The van der Waals surface area contributed by atoms with Gasteiger partial charge in [0.15, 0.2) is 22.9 Å². The van der Waals surface area contributed by atoms with E-state index in [2.05, 4.69) is 42.2 Å². The fourth-order valence-electron chi connectivity index (χ4n) is 4.68. The molecule has 6 heterocycles. The van der Waals surface area contributed by atoms with Crippen molar-refractivity contribution >= 4 is 61.3 Å². The van der Waals surface area contributed by atoms with Crippen molar-refractivity contribution < 1.29 is 42.2 Å². The number of ether oxygens (including phenoxy) is 1. The van der Waals surface area contributed by atoms with Crippen LogP contribution in [0.4, 0.5) is 11.6 Å². The number of hydrogen-bond donors (Lipinski definition) is 5. The van der Waals surface area contributed by atoms with Crippen molar-refractivity contribution in [2.45, 2.75) is 49.7 Å². The Bertz CT molecular complexity index is 1680. The second-order valence-corrected chi connectivity index (χ2v) is 13.4. The molecule has 2 fully saturated rings. The quantitative estimate of drug-likeness (QED) is 0.146. The number of imidazole rings is 2. The number of aromatic nitrogens is 8. The maximum absolute atomic E-state index is 13.1. The normalized spacial score (nSPS) is 33.2. The third-order valence-electron chi connectivity index (χ3n) is 6.75. The van der Waals surface area contributed by atoms with Crippen molar-refractivity contribution in [3.8, 4) is 0 Å². The summed E-state index contributed by atoms with van der Waals surface area (Å²) in [6, 6.07) is 0. The lowest BCUT2D eigenvalue weighted by atomic mass is 10.1. The molecule has 6 N–H and O–H groups in total. The summed E-state index contributed by atoms with van der Waals surface area (Å²) in [5.74, 6) is 0.312. The molecule has 2 saturated heterocycles. The molecule has 0 spiro atoms. The van der Waals surface area contributed by atoms with Crippen molar-refractivity contribution in [2.24, 2.45) is 0 Å². The van der Waals surface area contributed by atoms with Crippen molar-refractivity contribution in [1.82, 2.24) is 39.0 Å². The first-order valence-corrected chi connectivity index (χ1v) is 16.4. The summed E-state index contributed by atoms with van der Waals surface area (Å²) >= 11 is 4.04. The first-order chi connectivity index (χ1) is 20.1. The van der Waals surface area contributed by atoms with E-state index in [9.17, 15) is 19.3 Å². The van der Waals surface area contributed by atoms with Gasteiger partial charge in [-0.2, -0.15) is 0 Å². The maximum Gasteiger partial charge on any atom is 0.386 e. The van der Waals surface area contributed by atoms with Crippen LogP contribution in [-0.4, -0.2) is 93.0 Å². The molecule has 19 nitrogen and oxygen atoms in total. The fourth-order valence-corrected chi connectivity index (χ4v) is 7.04. The molecule has 0 bridgehead atoms. The number of hydrogen-bond acceptors (Lipinski definition) is 17. The van der Waals surface area contributed by atoms with Crippen LogP contribution in [0.2, 0.25) is 0 Å². The monoisotopic (exact) mass is 644 g/mol. The minimum absolute atomic E-state index is 0.117. The molecule has 6 rings (SSSR count). The zero-order valence-electron chi connectivity index (χ0n) is 21.5. The van der Waals surface area contributed by atoms with E-state index in [1.165, 1.54) is 29.9 Å². The van der Waals surface area contributed by atoms with E-state index in [-0.39, 0.29) is 31.2 Å². The Labute approximate surface area is 242 Å². The molecule has 0 aliphatic carbocycles.